The minimum atomic E-state index is 0.350. The summed E-state index contributed by atoms with van der Waals surface area (Å²) in [5.74, 6) is 1.33. The molecule has 0 unspecified atom stereocenters. The van der Waals surface area contributed by atoms with E-state index in [4.69, 9.17) is 14.7 Å². The van der Waals surface area contributed by atoms with E-state index in [1.807, 2.05) is 25.1 Å². The molecule has 2 aromatic rings. The van der Waals surface area contributed by atoms with Crippen LogP contribution in [0.2, 0.25) is 0 Å². The van der Waals surface area contributed by atoms with Gasteiger partial charge in [0.1, 0.15) is 28.8 Å². The van der Waals surface area contributed by atoms with E-state index >= 15 is 0 Å². The molecule has 0 saturated heterocycles. The van der Waals surface area contributed by atoms with Crippen LogP contribution in [0.15, 0.2) is 18.2 Å². The van der Waals surface area contributed by atoms with Crippen LogP contribution >= 0.6 is 0 Å². The Hall–Kier alpha value is -2.48. The third-order valence-corrected chi connectivity index (χ3v) is 2.90. The second kappa shape index (κ2) is 5.02. The molecule has 1 aromatic heterocycles. The van der Waals surface area contributed by atoms with Crippen molar-refractivity contribution in [3.8, 4) is 17.6 Å². The van der Waals surface area contributed by atoms with Crippen molar-refractivity contribution in [3.63, 3.8) is 0 Å². The number of ether oxygens (including phenoxy) is 2. The van der Waals surface area contributed by atoms with Crippen LogP contribution in [0.4, 0.5) is 5.69 Å². The van der Waals surface area contributed by atoms with Gasteiger partial charge in [0.25, 0.3) is 0 Å². The standard InChI is InChI=1S/C14H15N3O2/c1-17(2)10-7-9(8-15)16-14-12(19-4)6-5-11(18-3)13(10)14/h5-7H,1-4H3. The highest BCUT2D eigenvalue weighted by molar-refractivity contribution is 6.00. The summed E-state index contributed by atoms with van der Waals surface area (Å²) in [4.78, 5) is 6.25. The predicted octanol–water partition coefficient (Wildman–Crippen LogP) is 2.19. The number of nitrogens with zero attached hydrogens (tertiary/aromatic N) is 3. The highest BCUT2D eigenvalue weighted by Gasteiger charge is 2.15. The van der Waals surface area contributed by atoms with E-state index < -0.39 is 0 Å². The van der Waals surface area contributed by atoms with Gasteiger partial charge in [-0.3, -0.25) is 0 Å². The van der Waals surface area contributed by atoms with Crippen molar-refractivity contribution in [2.45, 2.75) is 0 Å². The van der Waals surface area contributed by atoms with Crippen LogP contribution in [-0.2, 0) is 0 Å². The molecule has 0 spiro atoms. The lowest BCUT2D eigenvalue weighted by molar-refractivity contribution is 0.410. The van der Waals surface area contributed by atoms with Crippen LogP contribution in [-0.4, -0.2) is 33.3 Å². The van der Waals surface area contributed by atoms with Gasteiger partial charge in [-0.2, -0.15) is 5.26 Å². The number of pyridine rings is 1. The Morgan fingerprint density at radius 1 is 1.16 bits per heavy atom. The fraction of sp³-hybridized carbons (Fsp3) is 0.286. The lowest BCUT2D eigenvalue weighted by Crippen LogP contribution is -2.10. The van der Waals surface area contributed by atoms with Crippen molar-refractivity contribution in [1.29, 1.82) is 5.26 Å². The molecule has 0 amide bonds. The van der Waals surface area contributed by atoms with Gasteiger partial charge in [0, 0.05) is 14.1 Å². The smallest absolute Gasteiger partial charge is 0.145 e. The molecule has 1 aromatic carbocycles. The number of benzene rings is 1. The number of methoxy groups -OCH3 is 2. The molecule has 0 radical (unpaired) electrons. The fourth-order valence-electron chi connectivity index (χ4n) is 2.01. The average molecular weight is 257 g/mol. The molecule has 0 aliphatic heterocycles. The molecule has 0 bridgehead atoms. The normalized spacial score (nSPS) is 10.1. The van der Waals surface area contributed by atoms with Crippen molar-refractivity contribution in [3.05, 3.63) is 23.9 Å². The molecule has 5 nitrogen and oxygen atoms in total. The summed E-state index contributed by atoms with van der Waals surface area (Å²) in [5.41, 5.74) is 1.85. The maximum absolute atomic E-state index is 9.09. The van der Waals surface area contributed by atoms with Gasteiger partial charge in [0.2, 0.25) is 0 Å². The van der Waals surface area contributed by atoms with Crippen molar-refractivity contribution < 1.29 is 9.47 Å². The zero-order valence-corrected chi connectivity index (χ0v) is 11.4. The van der Waals surface area contributed by atoms with Crippen molar-refractivity contribution in [2.75, 3.05) is 33.2 Å². The van der Waals surface area contributed by atoms with E-state index in [0.29, 0.717) is 22.7 Å². The molecule has 0 saturated carbocycles. The molecule has 98 valence electrons. The van der Waals surface area contributed by atoms with Gasteiger partial charge in [0.15, 0.2) is 0 Å². The van der Waals surface area contributed by atoms with Gasteiger partial charge in [-0.1, -0.05) is 0 Å². The zero-order valence-electron chi connectivity index (χ0n) is 11.4. The second-order valence-corrected chi connectivity index (χ2v) is 4.23. The summed E-state index contributed by atoms with van der Waals surface area (Å²) in [5, 5.41) is 9.93. The minimum absolute atomic E-state index is 0.350. The zero-order chi connectivity index (χ0) is 14.0. The molecule has 19 heavy (non-hydrogen) atoms. The number of anilines is 1. The highest BCUT2D eigenvalue weighted by Crippen LogP contribution is 2.38. The van der Waals surface area contributed by atoms with E-state index in [1.165, 1.54) is 0 Å². The second-order valence-electron chi connectivity index (χ2n) is 4.23. The molecule has 0 aliphatic rings. The quantitative estimate of drug-likeness (QED) is 0.843. The Balaban J connectivity index is 2.95. The van der Waals surface area contributed by atoms with Crippen LogP contribution in [0.1, 0.15) is 5.69 Å². The summed E-state index contributed by atoms with van der Waals surface area (Å²) in [6, 6.07) is 7.43. The first-order valence-corrected chi connectivity index (χ1v) is 5.75. The van der Waals surface area contributed by atoms with E-state index in [9.17, 15) is 0 Å². The first kappa shape index (κ1) is 13.0. The van der Waals surface area contributed by atoms with Crippen LogP contribution in [0, 0.1) is 11.3 Å². The number of nitriles is 1. The van der Waals surface area contributed by atoms with Gasteiger partial charge in [0.05, 0.1) is 25.3 Å². The molecule has 2 rings (SSSR count). The highest BCUT2D eigenvalue weighted by atomic mass is 16.5. The van der Waals surface area contributed by atoms with Crippen LogP contribution in [0.3, 0.4) is 0 Å². The third kappa shape index (κ3) is 2.13. The summed E-state index contributed by atoms with van der Waals surface area (Å²) in [6.45, 7) is 0. The first-order chi connectivity index (χ1) is 9.12. The summed E-state index contributed by atoms with van der Waals surface area (Å²) in [6.07, 6.45) is 0. The van der Waals surface area contributed by atoms with Crippen LogP contribution in [0.5, 0.6) is 11.5 Å². The minimum Gasteiger partial charge on any atom is -0.496 e. The van der Waals surface area contributed by atoms with E-state index in [-0.39, 0.29) is 0 Å². The summed E-state index contributed by atoms with van der Waals surface area (Å²) < 4.78 is 10.7. The first-order valence-electron chi connectivity index (χ1n) is 5.75. The Morgan fingerprint density at radius 2 is 1.79 bits per heavy atom. The SMILES string of the molecule is COc1ccc(OC)c2c(N(C)C)cc(C#N)nc12. The van der Waals surface area contributed by atoms with E-state index in [2.05, 4.69) is 11.1 Å². The monoisotopic (exact) mass is 257 g/mol. The molecule has 1 heterocycles. The van der Waals surface area contributed by atoms with Gasteiger partial charge in [-0.25, -0.2) is 4.98 Å². The molecule has 0 aliphatic carbocycles. The lowest BCUT2D eigenvalue weighted by atomic mass is 10.1. The Bertz CT molecular complexity index is 660. The number of fused-ring (bicyclic) bond motifs is 1. The predicted molar refractivity (Wildman–Crippen MR) is 73.9 cm³/mol. The van der Waals surface area contributed by atoms with Crippen LogP contribution < -0.4 is 14.4 Å². The van der Waals surface area contributed by atoms with Crippen molar-refractivity contribution >= 4 is 16.6 Å². The summed E-state index contributed by atoms with van der Waals surface area (Å²) in [7, 11) is 7.01. The van der Waals surface area contributed by atoms with Crippen LogP contribution in [0.25, 0.3) is 10.9 Å². The molecular formula is C14H15N3O2. The van der Waals surface area contributed by atoms with Gasteiger partial charge >= 0.3 is 0 Å². The van der Waals surface area contributed by atoms with Crippen molar-refractivity contribution in [2.24, 2.45) is 0 Å². The lowest BCUT2D eigenvalue weighted by Gasteiger charge is -2.18. The Kier molecular flexibility index (Phi) is 3.43. The molecular weight excluding hydrogens is 242 g/mol. The number of hydrogen-bond donors (Lipinski definition) is 0. The Morgan fingerprint density at radius 3 is 2.32 bits per heavy atom. The number of rotatable bonds is 3. The fourth-order valence-corrected chi connectivity index (χ4v) is 2.01. The molecule has 0 N–H and O–H groups in total. The van der Waals surface area contributed by atoms with E-state index in [0.717, 1.165) is 11.1 Å². The summed E-state index contributed by atoms with van der Waals surface area (Å²) >= 11 is 0. The number of hydrogen-bond acceptors (Lipinski definition) is 5. The van der Waals surface area contributed by atoms with E-state index in [1.54, 1.807) is 26.4 Å². The maximum Gasteiger partial charge on any atom is 0.145 e. The maximum atomic E-state index is 9.09. The Labute approximate surface area is 112 Å². The molecule has 0 atom stereocenters. The number of aromatic nitrogens is 1. The third-order valence-electron chi connectivity index (χ3n) is 2.90. The average Bonchev–Trinajstić information content (AvgIpc) is 2.44. The molecule has 5 heteroatoms. The topological polar surface area (TPSA) is 58.4 Å². The largest absolute Gasteiger partial charge is 0.496 e. The van der Waals surface area contributed by atoms with Gasteiger partial charge in [-0.05, 0) is 18.2 Å². The van der Waals surface area contributed by atoms with Crippen molar-refractivity contribution in [1.82, 2.24) is 4.98 Å². The molecule has 0 fully saturated rings. The van der Waals surface area contributed by atoms with Gasteiger partial charge in [-0.15, -0.1) is 0 Å². The van der Waals surface area contributed by atoms with Gasteiger partial charge < -0.3 is 14.4 Å².